The Bertz CT molecular complexity index is 1690. The molecule has 214 valence electrons. The number of aromatic hydroxyl groups is 1. The molecule has 1 N–H and O–H groups in total. The van der Waals surface area contributed by atoms with Crippen LogP contribution in [0.25, 0.3) is 22.3 Å². The van der Waals surface area contributed by atoms with Gasteiger partial charge < -0.3 is 23.7 Å². The largest absolute Gasteiger partial charge is 0.507 e. The summed E-state index contributed by atoms with van der Waals surface area (Å²) < 4.78 is 24.4. The van der Waals surface area contributed by atoms with Gasteiger partial charge in [0.1, 0.15) is 48.0 Å². The summed E-state index contributed by atoms with van der Waals surface area (Å²) in [6, 6.07) is 29.8. The van der Waals surface area contributed by atoms with Gasteiger partial charge in [0.15, 0.2) is 16.9 Å². The third kappa shape index (κ3) is 6.58. The number of phenols is 1. The van der Waals surface area contributed by atoms with Gasteiger partial charge in [-0.3, -0.25) is 9.69 Å². The summed E-state index contributed by atoms with van der Waals surface area (Å²) in [4.78, 5) is 15.4. The van der Waals surface area contributed by atoms with E-state index in [1.807, 2.05) is 78.9 Å². The highest BCUT2D eigenvalue weighted by Crippen LogP contribution is 2.36. The smallest absolute Gasteiger partial charge is 0.197 e. The topological polar surface area (TPSA) is 81.4 Å². The molecule has 0 bridgehead atoms. The Balaban J connectivity index is 1.28. The van der Waals surface area contributed by atoms with Gasteiger partial charge in [0.2, 0.25) is 0 Å². The highest BCUT2D eigenvalue weighted by atomic mass is 16.5. The van der Waals surface area contributed by atoms with E-state index >= 15 is 0 Å². The van der Waals surface area contributed by atoms with E-state index in [9.17, 15) is 9.90 Å². The van der Waals surface area contributed by atoms with Crippen molar-refractivity contribution in [3.05, 3.63) is 118 Å². The summed E-state index contributed by atoms with van der Waals surface area (Å²) in [6.07, 6.45) is 2.42. The fourth-order valence-electron chi connectivity index (χ4n) is 5.13. The molecule has 7 heteroatoms. The van der Waals surface area contributed by atoms with Crippen molar-refractivity contribution in [3.8, 4) is 34.3 Å². The van der Waals surface area contributed by atoms with Crippen molar-refractivity contribution in [2.75, 3.05) is 26.2 Å². The number of rotatable bonds is 11. The van der Waals surface area contributed by atoms with E-state index in [-0.39, 0.29) is 22.1 Å². The Labute approximate surface area is 244 Å². The van der Waals surface area contributed by atoms with Crippen molar-refractivity contribution < 1.29 is 23.7 Å². The first kappa shape index (κ1) is 27.4. The van der Waals surface area contributed by atoms with E-state index in [4.69, 9.17) is 18.6 Å². The zero-order chi connectivity index (χ0) is 28.7. The van der Waals surface area contributed by atoms with E-state index in [1.165, 1.54) is 25.0 Å². The molecular weight excluding hydrogens is 530 g/mol. The zero-order valence-electron chi connectivity index (χ0n) is 23.3. The van der Waals surface area contributed by atoms with Crippen LogP contribution in [0.3, 0.4) is 0 Å². The van der Waals surface area contributed by atoms with Crippen LogP contribution in [0.1, 0.15) is 24.0 Å². The Morgan fingerprint density at radius 2 is 1.40 bits per heavy atom. The van der Waals surface area contributed by atoms with E-state index in [1.54, 1.807) is 6.07 Å². The molecule has 1 aromatic heterocycles. The molecule has 0 amide bonds. The highest BCUT2D eigenvalue weighted by Gasteiger charge is 2.16. The summed E-state index contributed by atoms with van der Waals surface area (Å²) in [7, 11) is 0. The molecular formula is C35H33NO6. The van der Waals surface area contributed by atoms with Crippen LogP contribution in [0.2, 0.25) is 0 Å². The lowest BCUT2D eigenvalue weighted by Crippen LogP contribution is -2.25. The predicted molar refractivity (Wildman–Crippen MR) is 162 cm³/mol. The van der Waals surface area contributed by atoms with Crippen LogP contribution in [0.5, 0.6) is 23.0 Å². The first-order valence-electron chi connectivity index (χ1n) is 14.3. The lowest BCUT2D eigenvalue weighted by molar-refractivity contribution is 0.237. The number of ether oxygens (including phenoxy) is 3. The second-order valence-electron chi connectivity index (χ2n) is 10.4. The van der Waals surface area contributed by atoms with Gasteiger partial charge >= 0.3 is 0 Å². The first-order chi connectivity index (χ1) is 20.6. The minimum Gasteiger partial charge on any atom is -0.507 e. The van der Waals surface area contributed by atoms with Crippen molar-refractivity contribution >= 4 is 11.0 Å². The Morgan fingerprint density at radius 1 is 0.738 bits per heavy atom. The molecule has 7 nitrogen and oxygen atoms in total. The van der Waals surface area contributed by atoms with Crippen LogP contribution in [-0.4, -0.2) is 36.2 Å². The number of phenolic OH excluding ortho intramolecular Hbond substituents is 1. The van der Waals surface area contributed by atoms with E-state index in [2.05, 4.69) is 4.90 Å². The molecule has 5 aromatic rings. The van der Waals surface area contributed by atoms with Gasteiger partial charge in [-0.2, -0.15) is 0 Å². The maximum absolute atomic E-state index is 13.1. The van der Waals surface area contributed by atoms with Gasteiger partial charge in [-0.15, -0.1) is 0 Å². The van der Waals surface area contributed by atoms with Crippen molar-refractivity contribution in [2.45, 2.75) is 26.1 Å². The molecule has 0 atom stereocenters. The minimum atomic E-state index is -0.344. The molecule has 1 aliphatic rings. The number of hydrogen-bond acceptors (Lipinski definition) is 7. The maximum Gasteiger partial charge on any atom is 0.197 e. The summed E-state index contributed by atoms with van der Waals surface area (Å²) in [6.45, 7) is 4.19. The van der Waals surface area contributed by atoms with E-state index in [0.717, 1.165) is 30.8 Å². The number of hydrogen-bond donors (Lipinski definition) is 1. The van der Waals surface area contributed by atoms with Gasteiger partial charge in [-0.1, -0.05) is 60.7 Å². The van der Waals surface area contributed by atoms with Crippen LogP contribution >= 0.6 is 0 Å². The van der Waals surface area contributed by atoms with Crippen molar-refractivity contribution in [1.29, 1.82) is 0 Å². The number of fused-ring (bicyclic) bond motifs is 1. The third-order valence-corrected chi connectivity index (χ3v) is 7.36. The lowest BCUT2D eigenvalue weighted by Gasteiger charge is -2.16. The summed E-state index contributed by atoms with van der Waals surface area (Å²) in [5.74, 6) is 1.74. The number of nitrogens with zero attached hydrogens (tertiary/aromatic N) is 1. The molecule has 4 aromatic carbocycles. The number of benzene rings is 4. The molecule has 6 rings (SSSR count). The molecule has 1 saturated heterocycles. The molecule has 0 radical (unpaired) electrons. The molecule has 2 heterocycles. The standard InChI is InChI=1S/C35H33NO6/c37-29-20-28(39-18-17-36-15-7-8-16-36)21-34-35(29)30(38)22-32(42-34)27-13-14-31(40-23-25-9-3-1-4-10-25)33(19-27)41-24-26-11-5-2-6-12-26/h1-6,9-14,19-22,37H,7-8,15-18,23-24H2. The van der Waals surface area contributed by atoms with Crippen LogP contribution < -0.4 is 19.6 Å². The maximum atomic E-state index is 13.1. The first-order valence-corrected chi connectivity index (χ1v) is 14.3. The molecule has 1 fully saturated rings. The Morgan fingerprint density at radius 3 is 2.10 bits per heavy atom. The van der Waals surface area contributed by atoms with E-state index in [0.29, 0.717) is 48.4 Å². The lowest BCUT2D eigenvalue weighted by atomic mass is 10.1. The highest BCUT2D eigenvalue weighted by molar-refractivity contribution is 5.86. The molecule has 0 saturated carbocycles. The monoisotopic (exact) mass is 563 g/mol. The molecule has 1 aliphatic heterocycles. The predicted octanol–water partition coefficient (Wildman–Crippen LogP) is 6.80. The van der Waals surface area contributed by atoms with Crippen LogP contribution in [0, 0.1) is 0 Å². The quantitative estimate of drug-likeness (QED) is 0.189. The van der Waals surface area contributed by atoms with Crippen LogP contribution in [0.4, 0.5) is 0 Å². The normalized spacial score (nSPS) is 13.3. The average Bonchev–Trinajstić information content (AvgIpc) is 3.53. The second-order valence-corrected chi connectivity index (χ2v) is 10.4. The minimum absolute atomic E-state index is 0.119. The number of likely N-dealkylation sites (tertiary alicyclic amines) is 1. The fourth-order valence-corrected chi connectivity index (χ4v) is 5.13. The van der Waals surface area contributed by atoms with Crippen molar-refractivity contribution in [1.82, 2.24) is 4.90 Å². The van der Waals surface area contributed by atoms with Gasteiger partial charge in [0.25, 0.3) is 0 Å². The van der Waals surface area contributed by atoms with Crippen LogP contribution in [0.15, 0.2) is 106 Å². The second kappa shape index (κ2) is 12.8. The summed E-state index contributed by atoms with van der Waals surface area (Å²) >= 11 is 0. The van der Waals surface area contributed by atoms with Gasteiger partial charge in [0, 0.05) is 30.3 Å². The SMILES string of the molecule is O=c1cc(-c2ccc(OCc3ccccc3)c(OCc3ccccc3)c2)oc2cc(OCCN3CCCC3)cc(O)c12. The molecule has 0 aliphatic carbocycles. The third-order valence-electron chi connectivity index (χ3n) is 7.36. The molecule has 42 heavy (non-hydrogen) atoms. The van der Waals surface area contributed by atoms with Crippen molar-refractivity contribution in [2.24, 2.45) is 0 Å². The Kier molecular flexibility index (Phi) is 8.38. The Hall–Kier alpha value is -4.75. The van der Waals surface area contributed by atoms with Gasteiger partial charge in [0.05, 0.1) is 0 Å². The summed E-state index contributed by atoms with van der Waals surface area (Å²) in [5, 5.41) is 10.7. The van der Waals surface area contributed by atoms with E-state index < -0.39 is 0 Å². The zero-order valence-corrected chi connectivity index (χ0v) is 23.3. The molecule has 0 spiro atoms. The average molecular weight is 564 g/mol. The van der Waals surface area contributed by atoms with Crippen LogP contribution in [-0.2, 0) is 13.2 Å². The van der Waals surface area contributed by atoms with Gasteiger partial charge in [-0.25, -0.2) is 0 Å². The summed E-state index contributed by atoms with van der Waals surface area (Å²) in [5.41, 5.74) is 2.61. The van der Waals surface area contributed by atoms with Crippen molar-refractivity contribution in [3.63, 3.8) is 0 Å². The van der Waals surface area contributed by atoms with Gasteiger partial charge in [-0.05, 0) is 55.3 Å². The molecule has 0 unspecified atom stereocenters. The fraction of sp³-hybridized carbons (Fsp3) is 0.229.